The van der Waals surface area contributed by atoms with Gasteiger partial charge in [0.05, 0.1) is 11.8 Å². The Morgan fingerprint density at radius 1 is 0.900 bits per heavy atom. The molecule has 0 radical (unpaired) electrons. The molecular weight excluding hydrogens is 383 g/mol. The van der Waals surface area contributed by atoms with Gasteiger partial charge in [-0.1, -0.05) is 44.2 Å². The molecule has 1 aromatic rings. The second-order valence-electron chi connectivity index (χ2n) is 9.02. The average Bonchev–Trinajstić information content (AvgIpc) is 3.02. The number of carbonyl (C=O) groups excluding carboxylic acids is 3. The Kier molecular flexibility index (Phi) is 6.49. The lowest BCUT2D eigenvalue weighted by Gasteiger charge is -2.35. The molecule has 3 amide bonds. The van der Waals surface area contributed by atoms with E-state index < -0.39 is 0 Å². The highest BCUT2D eigenvalue weighted by Crippen LogP contribution is 2.38. The van der Waals surface area contributed by atoms with Crippen LogP contribution >= 0.6 is 0 Å². The standard InChI is InChI=1S/C24H31FN2O3/c25-18-12-10-17(11-13-18)16-27(19-6-2-1-3-7-19)22(28)14-15-26-23(29)20-8-4-5-9-21(20)24(26)30/h10-13,19-21H,1-9,14-16H2/t20-,21+. The molecule has 2 atom stereocenters. The first kappa shape index (κ1) is 21.0. The Labute approximate surface area is 177 Å². The first-order chi connectivity index (χ1) is 14.5. The van der Waals surface area contributed by atoms with Gasteiger partial charge in [-0.15, -0.1) is 0 Å². The van der Waals surface area contributed by atoms with Gasteiger partial charge in [0.1, 0.15) is 5.82 Å². The Bertz CT molecular complexity index is 764. The van der Waals surface area contributed by atoms with Gasteiger partial charge in [0.15, 0.2) is 0 Å². The predicted octanol–water partition coefficient (Wildman–Crippen LogP) is 4.05. The van der Waals surface area contributed by atoms with Crippen LogP contribution < -0.4 is 0 Å². The summed E-state index contributed by atoms with van der Waals surface area (Å²) in [6, 6.07) is 6.45. The number of hydrogen-bond acceptors (Lipinski definition) is 3. The number of hydrogen-bond donors (Lipinski definition) is 0. The van der Waals surface area contributed by atoms with E-state index in [1.165, 1.54) is 23.5 Å². The molecule has 3 aliphatic rings. The maximum Gasteiger partial charge on any atom is 0.233 e. The van der Waals surface area contributed by atoms with E-state index in [4.69, 9.17) is 0 Å². The molecule has 30 heavy (non-hydrogen) atoms. The van der Waals surface area contributed by atoms with Crippen LogP contribution in [0, 0.1) is 17.7 Å². The number of fused-ring (bicyclic) bond motifs is 1. The van der Waals surface area contributed by atoms with Gasteiger partial charge in [-0.2, -0.15) is 0 Å². The smallest absolute Gasteiger partial charge is 0.233 e. The summed E-state index contributed by atoms with van der Waals surface area (Å²) in [5, 5.41) is 0. The Balaban J connectivity index is 1.42. The zero-order chi connectivity index (χ0) is 21.1. The number of carbonyl (C=O) groups is 3. The molecule has 1 saturated heterocycles. The van der Waals surface area contributed by atoms with Gasteiger partial charge in [-0.05, 0) is 43.4 Å². The van der Waals surface area contributed by atoms with Gasteiger partial charge in [0.2, 0.25) is 17.7 Å². The second-order valence-corrected chi connectivity index (χ2v) is 9.02. The van der Waals surface area contributed by atoms with E-state index in [0.717, 1.165) is 56.9 Å². The maximum absolute atomic E-state index is 13.3. The van der Waals surface area contributed by atoms with E-state index in [9.17, 15) is 18.8 Å². The van der Waals surface area contributed by atoms with Crippen molar-refractivity contribution in [2.45, 2.75) is 76.8 Å². The lowest BCUT2D eigenvalue weighted by molar-refractivity contribution is -0.141. The third-order valence-electron chi connectivity index (χ3n) is 7.08. The second kappa shape index (κ2) is 9.27. The van der Waals surface area contributed by atoms with Crippen LogP contribution in [0.3, 0.4) is 0 Å². The lowest BCUT2D eigenvalue weighted by atomic mass is 9.81. The zero-order valence-electron chi connectivity index (χ0n) is 17.5. The van der Waals surface area contributed by atoms with Gasteiger partial charge < -0.3 is 4.90 Å². The minimum absolute atomic E-state index is 0.0262. The van der Waals surface area contributed by atoms with E-state index >= 15 is 0 Å². The van der Waals surface area contributed by atoms with Gasteiger partial charge in [0.25, 0.3) is 0 Å². The zero-order valence-corrected chi connectivity index (χ0v) is 17.5. The summed E-state index contributed by atoms with van der Waals surface area (Å²) in [6.07, 6.45) is 9.08. The van der Waals surface area contributed by atoms with E-state index in [1.807, 2.05) is 4.90 Å². The number of imide groups is 1. The molecular formula is C24H31FN2O3. The highest BCUT2D eigenvalue weighted by molar-refractivity contribution is 6.05. The highest BCUT2D eigenvalue weighted by atomic mass is 19.1. The summed E-state index contributed by atoms with van der Waals surface area (Å²) in [7, 11) is 0. The first-order valence-electron chi connectivity index (χ1n) is 11.4. The lowest BCUT2D eigenvalue weighted by Crippen LogP contribution is -2.43. The molecule has 162 valence electrons. The van der Waals surface area contributed by atoms with E-state index in [2.05, 4.69) is 0 Å². The molecule has 4 rings (SSSR count). The van der Waals surface area contributed by atoms with Crippen molar-refractivity contribution in [2.24, 2.45) is 11.8 Å². The van der Waals surface area contributed by atoms with Crippen LogP contribution in [-0.2, 0) is 20.9 Å². The summed E-state index contributed by atoms with van der Waals surface area (Å²) in [5.41, 5.74) is 0.898. The molecule has 1 aromatic carbocycles. The predicted molar refractivity (Wildman–Crippen MR) is 111 cm³/mol. The highest BCUT2D eigenvalue weighted by Gasteiger charge is 2.48. The number of rotatable bonds is 6. The molecule has 0 spiro atoms. The van der Waals surface area contributed by atoms with Crippen LogP contribution in [0.4, 0.5) is 4.39 Å². The number of amides is 3. The number of likely N-dealkylation sites (tertiary alicyclic amines) is 1. The van der Waals surface area contributed by atoms with Crippen LogP contribution in [-0.4, -0.2) is 40.1 Å². The summed E-state index contributed by atoms with van der Waals surface area (Å²) in [5.74, 6) is -0.825. The van der Waals surface area contributed by atoms with Crippen molar-refractivity contribution in [1.82, 2.24) is 9.80 Å². The van der Waals surface area contributed by atoms with E-state index in [0.29, 0.717) is 6.54 Å². The molecule has 3 fully saturated rings. The van der Waals surface area contributed by atoms with Crippen LogP contribution in [0.25, 0.3) is 0 Å². The summed E-state index contributed by atoms with van der Waals surface area (Å²) in [6.45, 7) is 0.618. The number of benzene rings is 1. The third-order valence-corrected chi connectivity index (χ3v) is 7.08. The summed E-state index contributed by atoms with van der Waals surface area (Å²) >= 11 is 0. The normalized spacial score (nSPS) is 24.8. The fraction of sp³-hybridized carbons (Fsp3) is 0.625. The van der Waals surface area contributed by atoms with Crippen molar-refractivity contribution in [2.75, 3.05) is 6.54 Å². The molecule has 2 saturated carbocycles. The molecule has 6 heteroatoms. The number of nitrogens with zero attached hydrogens (tertiary/aromatic N) is 2. The summed E-state index contributed by atoms with van der Waals surface area (Å²) in [4.78, 5) is 41.8. The minimum atomic E-state index is -0.290. The number of halogens is 1. The van der Waals surface area contributed by atoms with E-state index in [1.54, 1.807) is 12.1 Å². The molecule has 0 bridgehead atoms. The van der Waals surface area contributed by atoms with Crippen LogP contribution in [0.5, 0.6) is 0 Å². The van der Waals surface area contributed by atoms with Gasteiger partial charge in [-0.25, -0.2) is 4.39 Å². The van der Waals surface area contributed by atoms with Crippen molar-refractivity contribution >= 4 is 17.7 Å². The van der Waals surface area contributed by atoms with Crippen LogP contribution in [0.1, 0.15) is 69.8 Å². The van der Waals surface area contributed by atoms with Gasteiger partial charge in [-0.3, -0.25) is 19.3 Å². The monoisotopic (exact) mass is 414 g/mol. The van der Waals surface area contributed by atoms with Gasteiger partial charge >= 0.3 is 0 Å². The quantitative estimate of drug-likeness (QED) is 0.660. The Hall–Kier alpha value is -2.24. The largest absolute Gasteiger partial charge is 0.335 e. The van der Waals surface area contributed by atoms with E-state index in [-0.39, 0.29) is 54.4 Å². The fourth-order valence-corrected chi connectivity index (χ4v) is 5.40. The molecule has 0 aromatic heterocycles. The SMILES string of the molecule is O=C1[C@H]2CCCC[C@H]2C(=O)N1CCC(=O)N(Cc1ccc(F)cc1)C1CCCCC1. The molecule has 0 unspecified atom stereocenters. The van der Waals surface area contributed by atoms with Crippen LogP contribution in [0.2, 0.25) is 0 Å². The first-order valence-corrected chi connectivity index (χ1v) is 11.4. The maximum atomic E-state index is 13.3. The summed E-state index contributed by atoms with van der Waals surface area (Å²) < 4.78 is 13.3. The third kappa shape index (κ3) is 4.42. The fourth-order valence-electron chi connectivity index (χ4n) is 5.40. The molecule has 5 nitrogen and oxygen atoms in total. The molecule has 2 aliphatic carbocycles. The molecule has 1 heterocycles. The Morgan fingerprint density at radius 3 is 2.07 bits per heavy atom. The van der Waals surface area contributed by atoms with Crippen molar-refractivity contribution in [3.8, 4) is 0 Å². The van der Waals surface area contributed by atoms with Crippen molar-refractivity contribution in [3.63, 3.8) is 0 Å². The van der Waals surface area contributed by atoms with Crippen molar-refractivity contribution < 1.29 is 18.8 Å². The average molecular weight is 415 g/mol. The van der Waals surface area contributed by atoms with Crippen molar-refractivity contribution in [1.29, 1.82) is 0 Å². The molecule has 1 aliphatic heterocycles. The Morgan fingerprint density at radius 2 is 1.47 bits per heavy atom. The van der Waals surface area contributed by atoms with Gasteiger partial charge in [0, 0.05) is 25.6 Å². The molecule has 0 N–H and O–H groups in total. The minimum Gasteiger partial charge on any atom is -0.335 e. The van der Waals surface area contributed by atoms with Crippen molar-refractivity contribution in [3.05, 3.63) is 35.6 Å². The topological polar surface area (TPSA) is 57.7 Å². The van der Waals surface area contributed by atoms with Crippen LogP contribution in [0.15, 0.2) is 24.3 Å².